The molecule has 11 heteroatoms. The van der Waals surface area contributed by atoms with Gasteiger partial charge in [-0.15, -0.1) is 11.3 Å². The number of benzene rings is 1. The number of halogens is 4. The highest BCUT2D eigenvalue weighted by Crippen LogP contribution is 2.43. The Morgan fingerprint density at radius 3 is 2.64 bits per heavy atom. The monoisotopic (exact) mass is 473 g/mol. The van der Waals surface area contributed by atoms with Crippen LogP contribution in [-0.4, -0.2) is 28.5 Å². The summed E-state index contributed by atoms with van der Waals surface area (Å²) < 4.78 is 39.2. The van der Waals surface area contributed by atoms with Crippen molar-refractivity contribution >= 4 is 49.2 Å². The highest BCUT2D eigenvalue weighted by Gasteiger charge is 2.30. The van der Waals surface area contributed by atoms with E-state index in [0.717, 1.165) is 23.5 Å². The minimum Gasteiger partial charge on any atom is -0.548 e. The lowest BCUT2D eigenvalue weighted by Crippen LogP contribution is -2.38. The van der Waals surface area contributed by atoms with E-state index in [-0.39, 0.29) is 14.9 Å². The predicted molar refractivity (Wildman–Crippen MR) is 96.8 cm³/mol. The number of pyridine rings is 1. The number of nitrogens with one attached hydrogen (secondary N) is 1. The standard InChI is InChI=1S/C17H10BrF3N2O4S/c18-15-9-5-10(7-2-1-3-8(4-7)17(19,20)21)28-14(9)13(26)12(23-15)16(27)22-6-11(24)25/h1-5,26H,6H2,(H,22,27)(H,24,25)/p-1. The van der Waals surface area contributed by atoms with E-state index in [9.17, 15) is 33.0 Å². The first-order chi connectivity index (χ1) is 13.1. The van der Waals surface area contributed by atoms with Crippen LogP contribution in [0.1, 0.15) is 16.1 Å². The van der Waals surface area contributed by atoms with Crippen LogP contribution in [0.4, 0.5) is 13.2 Å². The van der Waals surface area contributed by atoms with E-state index >= 15 is 0 Å². The van der Waals surface area contributed by atoms with Crippen molar-refractivity contribution in [2.45, 2.75) is 6.18 Å². The number of aromatic nitrogens is 1. The van der Waals surface area contributed by atoms with Crippen LogP contribution in [0.2, 0.25) is 0 Å². The van der Waals surface area contributed by atoms with Gasteiger partial charge < -0.3 is 20.3 Å². The van der Waals surface area contributed by atoms with Crippen molar-refractivity contribution in [3.05, 3.63) is 46.2 Å². The van der Waals surface area contributed by atoms with Crippen LogP contribution in [0.5, 0.6) is 5.75 Å². The van der Waals surface area contributed by atoms with Crippen LogP contribution in [0.3, 0.4) is 0 Å². The molecule has 0 spiro atoms. The van der Waals surface area contributed by atoms with Crippen LogP contribution in [-0.2, 0) is 11.0 Å². The molecule has 6 nitrogen and oxygen atoms in total. The van der Waals surface area contributed by atoms with Crippen molar-refractivity contribution in [3.63, 3.8) is 0 Å². The molecule has 0 radical (unpaired) electrons. The van der Waals surface area contributed by atoms with Crippen molar-refractivity contribution in [1.29, 1.82) is 0 Å². The van der Waals surface area contributed by atoms with Gasteiger partial charge in [0.1, 0.15) is 4.60 Å². The number of hydrogen-bond donors (Lipinski definition) is 2. The summed E-state index contributed by atoms with van der Waals surface area (Å²) in [6.45, 7) is -0.768. The van der Waals surface area contributed by atoms with Gasteiger partial charge in [-0.2, -0.15) is 13.2 Å². The SMILES string of the molecule is O=C([O-])CNC(=O)c1nc(Br)c2cc(-c3cccc(C(F)(F)F)c3)sc2c1O. The third-order valence-electron chi connectivity index (χ3n) is 3.69. The highest BCUT2D eigenvalue weighted by atomic mass is 79.9. The molecule has 2 aromatic heterocycles. The normalized spacial score (nSPS) is 11.6. The molecule has 0 aliphatic heterocycles. The van der Waals surface area contributed by atoms with Crippen molar-refractivity contribution in [2.75, 3.05) is 6.54 Å². The zero-order valence-electron chi connectivity index (χ0n) is 13.6. The third kappa shape index (κ3) is 3.94. The number of aliphatic carboxylic acids is 1. The van der Waals surface area contributed by atoms with Gasteiger partial charge >= 0.3 is 6.18 Å². The molecule has 0 saturated heterocycles. The van der Waals surface area contributed by atoms with Crippen molar-refractivity contribution < 1.29 is 33.0 Å². The molecule has 0 bridgehead atoms. The number of thiophene rings is 1. The Kier molecular flexibility index (Phi) is 5.31. The predicted octanol–water partition coefficient (Wildman–Crippen LogP) is 2.93. The summed E-state index contributed by atoms with van der Waals surface area (Å²) >= 11 is 4.13. The summed E-state index contributed by atoms with van der Waals surface area (Å²) in [5.41, 5.74) is -0.949. The molecule has 0 saturated carbocycles. The first kappa shape index (κ1) is 20.1. The Bertz CT molecular complexity index is 1100. The van der Waals surface area contributed by atoms with Crippen molar-refractivity contribution in [3.8, 4) is 16.2 Å². The Morgan fingerprint density at radius 2 is 2.00 bits per heavy atom. The fourth-order valence-electron chi connectivity index (χ4n) is 2.42. The summed E-state index contributed by atoms with van der Waals surface area (Å²) in [5.74, 6) is -2.95. The summed E-state index contributed by atoms with van der Waals surface area (Å²) in [7, 11) is 0. The number of carboxylic acid groups (broad SMARTS) is 1. The van der Waals surface area contributed by atoms with Crippen molar-refractivity contribution in [2.24, 2.45) is 0 Å². The Balaban J connectivity index is 2.07. The molecule has 0 aliphatic rings. The number of hydrogen-bond acceptors (Lipinski definition) is 6. The van der Waals surface area contributed by atoms with Crippen molar-refractivity contribution in [1.82, 2.24) is 10.3 Å². The van der Waals surface area contributed by atoms with Gasteiger partial charge in [-0.3, -0.25) is 4.79 Å². The second-order valence-electron chi connectivity index (χ2n) is 5.59. The van der Waals surface area contributed by atoms with E-state index in [1.807, 2.05) is 5.32 Å². The first-order valence-electron chi connectivity index (χ1n) is 7.55. The average Bonchev–Trinajstić information content (AvgIpc) is 3.08. The summed E-state index contributed by atoms with van der Waals surface area (Å²) in [5, 5.41) is 23.3. The zero-order valence-corrected chi connectivity index (χ0v) is 16.0. The lowest BCUT2D eigenvalue weighted by atomic mass is 10.1. The summed E-state index contributed by atoms with van der Waals surface area (Å²) in [6.07, 6.45) is -4.50. The highest BCUT2D eigenvalue weighted by molar-refractivity contribution is 9.10. The maximum Gasteiger partial charge on any atom is 0.416 e. The van der Waals surface area contributed by atoms with Gasteiger partial charge in [0, 0.05) is 10.3 Å². The maximum atomic E-state index is 12.9. The fourth-order valence-corrected chi connectivity index (χ4v) is 4.15. The number of aromatic hydroxyl groups is 1. The molecule has 3 aromatic rings. The summed E-state index contributed by atoms with van der Waals surface area (Å²) in [4.78, 5) is 26.8. The van der Waals surface area contributed by atoms with Crippen LogP contribution in [0.25, 0.3) is 20.5 Å². The topological polar surface area (TPSA) is 102 Å². The lowest BCUT2D eigenvalue weighted by molar-refractivity contribution is -0.303. The van der Waals surface area contributed by atoms with Gasteiger partial charge in [0.2, 0.25) is 0 Å². The smallest absolute Gasteiger partial charge is 0.416 e. The number of carbonyl (C=O) groups is 2. The zero-order chi connectivity index (χ0) is 20.6. The molecular formula is C17H9BrF3N2O4S-. The molecule has 0 aliphatic carbocycles. The van der Waals surface area contributed by atoms with Crippen LogP contribution < -0.4 is 10.4 Å². The van der Waals surface area contributed by atoms with Gasteiger partial charge in [-0.05, 0) is 39.7 Å². The minimum absolute atomic E-state index is 0.174. The largest absolute Gasteiger partial charge is 0.548 e. The van der Waals surface area contributed by atoms with E-state index in [1.54, 1.807) is 0 Å². The van der Waals surface area contributed by atoms with Crippen LogP contribution in [0, 0.1) is 0 Å². The molecule has 0 unspecified atom stereocenters. The molecule has 2 N–H and O–H groups in total. The Morgan fingerprint density at radius 1 is 1.29 bits per heavy atom. The molecule has 3 rings (SSSR count). The second kappa shape index (κ2) is 7.40. The molecule has 0 atom stereocenters. The van der Waals surface area contributed by atoms with E-state index in [1.165, 1.54) is 18.2 Å². The minimum atomic E-state index is -4.50. The molecule has 0 fully saturated rings. The van der Waals surface area contributed by atoms with Gasteiger partial charge in [0.15, 0.2) is 11.4 Å². The van der Waals surface area contributed by atoms with E-state index < -0.39 is 41.6 Å². The third-order valence-corrected chi connectivity index (χ3v) is 5.48. The fraction of sp³-hybridized carbons (Fsp3) is 0.118. The van der Waals surface area contributed by atoms with Gasteiger partial charge in [-0.25, -0.2) is 4.98 Å². The summed E-state index contributed by atoms with van der Waals surface area (Å²) in [6, 6.07) is 6.23. The molecule has 28 heavy (non-hydrogen) atoms. The second-order valence-corrected chi connectivity index (χ2v) is 7.39. The van der Waals surface area contributed by atoms with Crippen LogP contribution >= 0.6 is 27.3 Å². The first-order valence-corrected chi connectivity index (χ1v) is 9.16. The molecule has 2 heterocycles. The number of rotatable bonds is 4. The number of carbonyl (C=O) groups excluding carboxylic acids is 2. The van der Waals surface area contributed by atoms with E-state index in [0.29, 0.717) is 10.3 Å². The number of alkyl halides is 3. The van der Waals surface area contributed by atoms with E-state index in [4.69, 9.17) is 0 Å². The van der Waals surface area contributed by atoms with Gasteiger partial charge in [0.05, 0.1) is 22.8 Å². The lowest BCUT2D eigenvalue weighted by Gasteiger charge is -2.08. The van der Waals surface area contributed by atoms with Gasteiger partial charge in [-0.1, -0.05) is 12.1 Å². The molecule has 1 aromatic carbocycles. The number of fused-ring (bicyclic) bond motifs is 1. The average molecular weight is 474 g/mol. The van der Waals surface area contributed by atoms with E-state index in [2.05, 4.69) is 20.9 Å². The maximum absolute atomic E-state index is 12.9. The number of nitrogens with zero attached hydrogens (tertiary/aromatic N) is 1. The molecule has 146 valence electrons. The number of amides is 1. The van der Waals surface area contributed by atoms with Crippen LogP contribution in [0.15, 0.2) is 34.9 Å². The number of carboxylic acids is 1. The Hall–Kier alpha value is -2.66. The molecule has 1 amide bonds. The Labute approximate surface area is 167 Å². The molecular weight excluding hydrogens is 465 g/mol. The quantitative estimate of drug-likeness (QED) is 0.567. The van der Waals surface area contributed by atoms with Gasteiger partial charge in [0.25, 0.3) is 5.91 Å².